The molecular formula is C19H19F3N4O3S. The van der Waals surface area contributed by atoms with Crippen LogP contribution in [0.2, 0.25) is 0 Å². The van der Waals surface area contributed by atoms with Crippen molar-refractivity contribution in [1.82, 2.24) is 14.5 Å². The fourth-order valence-corrected chi connectivity index (χ4v) is 4.37. The zero-order valence-corrected chi connectivity index (χ0v) is 16.8. The van der Waals surface area contributed by atoms with Crippen molar-refractivity contribution < 1.29 is 26.4 Å². The molecule has 1 aromatic heterocycles. The van der Waals surface area contributed by atoms with E-state index in [0.29, 0.717) is 18.5 Å². The second-order valence-corrected chi connectivity index (χ2v) is 9.25. The first-order valence-electron chi connectivity index (χ1n) is 9.26. The number of alkyl halides is 2. The molecule has 2 aliphatic rings. The Kier molecular flexibility index (Phi) is 4.68. The smallest absolute Gasteiger partial charge is 0.285 e. The van der Waals surface area contributed by atoms with E-state index in [0.717, 1.165) is 0 Å². The van der Waals surface area contributed by atoms with Gasteiger partial charge in [-0.2, -0.15) is 5.10 Å². The average molecular weight is 440 g/mol. The van der Waals surface area contributed by atoms with E-state index in [1.54, 1.807) is 0 Å². The van der Waals surface area contributed by atoms with Crippen molar-refractivity contribution in [3.8, 4) is 5.69 Å². The number of carbonyl (C=O) groups is 1. The lowest BCUT2D eigenvalue weighted by molar-refractivity contribution is -0.0645. The molecule has 1 aliphatic carbocycles. The third-order valence-electron chi connectivity index (χ3n) is 5.35. The third kappa shape index (κ3) is 3.57. The first kappa shape index (κ1) is 20.5. The highest BCUT2D eigenvalue weighted by Gasteiger charge is 2.53. The molecule has 1 aliphatic heterocycles. The van der Waals surface area contributed by atoms with Crippen LogP contribution in [0.1, 0.15) is 30.3 Å². The minimum Gasteiger partial charge on any atom is -0.342 e. The Morgan fingerprint density at radius 3 is 2.43 bits per heavy atom. The fraction of sp³-hybridized carbons (Fsp3) is 0.368. The Morgan fingerprint density at radius 1 is 1.27 bits per heavy atom. The van der Waals surface area contributed by atoms with Crippen LogP contribution >= 0.6 is 0 Å². The predicted molar refractivity (Wildman–Crippen MR) is 104 cm³/mol. The second-order valence-electron chi connectivity index (χ2n) is 7.52. The Labute approximate surface area is 171 Å². The number of nitrogens with zero attached hydrogens (tertiary/aromatic N) is 3. The zero-order chi connectivity index (χ0) is 21.8. The van der Waals surface area contributed by atoms with Crippen molar-refractivity contribution in [2.75, 3.05) is 11.4 Å². The van der Waals surface area contributed by atoms with Gasteiger partial charge in [-0.3, -0.25) is 4.79 Å². The minimum absolute atomic E-state index is 0.0648. The molecule has 2 aromatic rings. The minimum atomic E-state index is -4.09. The summed E-state index contributed by atoms with van der Waals surface area (Å²) in [5, 5.41) is 4.10. The summed E-state index contributed by atoms with van der Waals surface area (Å²) in [6.45, 7) is 4.28. The van der Waals surface area contributed by atoms with Crippen molar-refractivity contribution in [2.24, 2.45) is 5.92 Å². The lowest BCUT2D eigenvalue weighted by Crippen LogP contribution is -2.64. The normalized spacial score (nSPS) is 20.5. The van der Waals surface area contributed by atoms with E-state index in [1.165, 1.54) is 46.8 Å². The maximum atomic E-state index is 13.7. The van der Waals surface area contributed by atoms with Crippen LogP contribution in [0.15, 0.2) is 41.8 Å². The molecule has 0 spiro atoms. The highest BCUT2D eigenvalue weighted by atomic mass is 32.2. The number of hydrogen-bond donors (Lipinski definition) is 1. The summed E-state index contributed by atoms with van der Waals surface area (Å²) in [6, 6.07) is 5.17. The van der Waals surface area contributed by atoms with Gasteiger partial charge in [0.1, 0.15) is 11.6 Å². The molecule has 30 heavy (non-hydrogen) atoms. The Hall–Kier alpha value is -2.82. The van der Waals surface area contributed by atoms with Gasteiger partial charge in [0, 0.05) is 6.07 Å². The number of benzene rings is 1. The van der Waals surface area contributed by atoms with Gasteiger partial charge in [-0.15, -0.1) is 0 Å². The molecule has 1 amide bonds. The summed E-state index contributed by atoms with van der Waals surface area (Å²) in [5.74, 6) is -4.42. The first-order valence-corrected chi connectivity index (χ1v) is 10.7. The van der Waals surface area contributed by atoms with Gasteiger partial charge in [-0.25, -0.2) is 31.0 Å². The number of rotatable bonds is 6. The van der Waals surface area contributed by atoms with Crippen molar-refractivity contribution in [1.29, 1.82) is 0 Å². The van der Waals surface area contributed by atoms with Crippen LogP contribution < -0.4 is 9.62 Å². The topological polar surface area (TPSA) is 84.3 Å². The average Bonchev–Trinajstić information content (AvgIpc) is 3.44. The summed E-state index contributed by atoms with van der Waals surface area (Å²) in [6.07, 6.45) is 1.39. The van der Waals surface area contributed by atoms with E-state index in [9.17, 15) is 26.4 Å². The zero-order valence-electron chi connectivity index (χ0n) is 16.0. The Morgan fingerprint density at radius 2 is 1.90 bits per heavy atom. The van der Waals surface area contributed by atoms with E-state index < -0.39 is 40.3 Å². The van der Waals surface area contributed by atoms with Crippen molar-refractivity contribution in [3.63, 3.8) is 0 Å². The van der Waals surface area contributed by atoms with Gasteiger partial charge in [0.25, 0.3) is 21.9 Å². The van der Waals surface area contributed by atoms with Crippen LogP contribution in [0.4, 0.5) is 19.0 Å². The molecule has 0 bridgehead atoms. The molecule has 4 rings (SSSR count). The van der Waals surface area contributed by atoms with E-state index in [-0.39, 0.29) is 22.3 Å². The van der Waals surface area contributed by atoms with Crippen LogP contribution in [0.5, 0.6) is 0 Å². The van der Waals surface area contributed by atoms with Gasteiger partial charge in [0.15, 0.2) is 5.69 Å². The Balaban J connectivity index is 1.67. The lowest BCUT2D eigenvalue weighted by atomic mass is 10.0. The highest BCUT2D eigenvalue weighted by molar-refractivity contribution is 7.93. The van der Waals surface area contributed by atoms with E-state index in [1.807, 2.05) is 4.72 Å². The van der Waals surface area contributed by atoms with Gasteiger partial charge in [-0.1, -0.05) is 6.58 Å². The van der Waals surface area contributed by atoms with Crippen molar-refractivity contribution >= 4 is 21.7 Å². The van der Waals surface area contributed by atoms with Gasteiger partial charge in [-0.05, 0) is 49.9 Å². The van der Waals surface area contributed by atoms with E-state index in [4.69, 9.17) is 0 Å². The Bertz CT molecular complexity index is 1120. The third-order valence-corrected chi connectivity index (χ3v) is 6.83. The monoisotopic (exact) mass is 440 g/mol. The molecule has 7 nitrogen and oxygen atoms in total. The van der Waals surface area contributed by atoms with Crippen LogP contribution in [-0.4, -0.2) is 42.6 Å². The molecular weight excluding hydrogens is 421 g/mol. The second kappa shape index (κ2) is 6.86. The number of amides is 1. The largest absolute Gasteiger partial charge is 0.342 e. The van der Waals surface area contributed by atoms with Gasteiger partial charge in [0.05, 0.1) is 23.2 Å². The quantitative estimate of drug-likeness (QED) is 0.747. The first-order chi connectivity index (χ1) is 14.0. The molecule has 1 saturated heterocycles. The number of aromatic nitrogens is 2. The van der Waals surface area contributed by atoms with Crippen LogP contribution in [0.25, 0.3) is 5.69 Å². The summed E-state index contributed by atoms with van der Waals surface area (Å²) in [5.41, 5.74) is 0.0574. The summed E-state index contributed by atoms with van der Waals surface area (Å²) in [7, 11) is -4.09. The molecule has 2 heterocycles. The number of carbonyl (C=O) groups excluding carboxylic acids is 1. The van der Waals surface area contributed by atoms with E-state index >= 15 is 0 Å². The molecule has 1 aromatic carbocycles. The summed E-state index contributed by atoms with van der Waals surface area (Å²) < 4.78 is 68.5. The van der Waals surface area contributed by atoms with Crippen molar-refractivity contribution in [3.05, 3.63) is 53.3 Å². The number of anilines is 1. The lowest BCUT2D eigenvalue weighted by Gasteiger charge is -2.46. The fourth-order valence-electron chi connectivity index (χ4n) is 3.21. The number of allylic oxidation sites excluding steroid dienone is 1. The summed E-state index contributed by atoms with van der Waals surface area (Å²) in [4.78, 5) is 13.8. The van der Waals surface area contributed by atoms with Crippen LogP contribution in [0, 0.1) is 11.7 Å². The van der Waals surface area contributed by atoms with Gasteiger partial charge >= 0.3 is 0 Å². The molecule has 1 atom stereocenters. The van der Waals surface area contributed by atoms with Gasteiger partial charge < -0.3 is 4.90 Å². The molecule has 1 saturated carbocycles. The standard InChI is InChI=1S/C19H19F3N4O3S/c1-11(13-3-4-13)30(28,29)24-18(27)16-9-17(25-10-19(21,22)12(25)2)26(23-16)15-7-5-14(20)6-8-15/h5-9,12-13H,1,3-4,10H2,2H3,(H,24,27)/t12-/m1/s1. The van der Waals surface area contributed by atoms with E-state index in [2.05, 4.69) is 11.7 Å². The number of hydrogen-bond acceptors (Lipinski definition) is 5. The molecule has 160 valence electrons. The number of halogens is 3. The van der Waals surface area contributed by atoms with Crippen LogP contribution in [0.3, 0.4) is 0 Å². The maximum Gasteiger partial charge on any atom is 0.285 e. The predicted octanol–water partition coefficient (Wildman–Crippen LogP) is 2.84. The number of sulfonamides is 1. The van der Waals surface area contributed by atoms with Gasteiger partial charge in [0.2, 0.25) is 0 Å². The highest BCUT2D eigenvalue weighted by Crippen LogP contribution is 2.40. The molecule has 11 heteroatoms. The van der Waals surface area contributed by atoms with Crippen LogP contribution in [-0.2, 0) is 10.0 Å². The molecule has 0 radical (unpaired) electrons. The molecule has 0 unspecified atom stereocenters. The maximum absolute atomic E-state index is 13.7. The summed E-state index contributed by atoms with van der Waals surface area (Å²) >= 11 is 0. The SMILES string of the molecule is C=C(C1CC1)S(=O)(=O)NC(=O)c1cc(N2CC(F)(F)[C@H]2C)n(-c2ccc(F)cc2)n1. The molecule has 1 N–H and O–H groups in total. The van der Waals surface area contributed by atoms with Crippen molar-refractivity contribution in [2.45, 2.75) is 31.7 Å². The molecule has 2 fully saturated rings. The number of nitrogens with one attached hydrogen (secondary N) is 1.